The average molecular weight is 517 g/mol. The number of thioether (sulfide) groups is 1. The molecule has 0 unspecified atom stereocenters. The standard InChI is InChI=1S/C26H32N2O7S/c1-17(29)35-23-24(18-6-9-20(33-5)10-7-18)36-22-11-8-19(26(31)34-15-14-32-4)16-21(22)28(25(23)30)13-12-27(2)3/h6-11,16,23-24H,12-15H2,1-5H3/t23-,24+/m1/s1. The largest absolute Gasteiger partial charge is 0.497 e. The van der Waals surface area contributed by atoms with Crippen LogP contribution in [0, 0.1) is 0 Å². The zero-order chi connectivity index (χ0) is 26.2. The molecule has 1 amide bonds. The number of hydrogen-bond donors (Lipinski definition) is 0. The predicted molar refractivity (Wildman–Crippen MR) is 137 cm³/mol. The van der Waals surface area contributed by atoms with Crippen molar-refractivity contribution in [3.05, 3.63) is 53.6 Å². The molecule has 0 bridgehead atoms. The van der Waals surface area contributed by atoms with Gasteiger partial charge in [-0.25, -0.2) is 4.79 Å². The fraction of sp³-hybridized carbons (Fsp3) is 0.423. The minimum absolute atomic E-state index is 0.124. The number of carbonyl (C=O) groups is 3. The molecule has 2 aromatic carbocycles. The van der Waals surface area contributed by atoms with Crippen LogP contribution in [0.2, 0.25) is 0 Å². The number of anilines is 1. The summed E-state index contributed by atoms with van der Waals surface area (Å²) in [5, 5.41) is -0.505. The van der Waals surface area contributed by atoms with Gasteiger partial charge in [-0.2, -0.15) is 0 Å². The molecule has 1 aliphatic rings. The molecule has 194 valence electrons. The molecular formula is C26H32N2O7S. The zero-order valence-electron chi connectivity index (χ0n) is 21.2. The van der Waals surface area contributed by atoms with Crippen molar-refractivity contribution >= 4 is 35.3 Å². The second-order valence-electron chi connectivity index (χ2n) is 8.45. The Hall–Kier alpha value is -3.08. The molecule has 0 aromatic heterocycles. The van der Waals surface area contributed by atoms with Crippen molar-refractivity contribution in [1.82, 2.24) is 4.90 Å². The Labute approximate surface area is 215 Å². The van der Waals surface area contributed by atoms with E-state index in [0.717, 1.165) is 10.5 Å². The maximum absolute atomic E-state index is 13.9. The highest BCUT2D eigenvalue weighted by molar-refractivity contribution is 7.99. The number of hydrogen-bond acceptors (Lipinski definition) is 9. The van der Waals surface area contributed by atoms with Crippen LogP contribution in [0.5, 0.6) is 5.75 Å². The van der Waals surface area contributed by atoms with E-state index in [0.29, 0.717) is 30.1 Å². The molecular weight excluding hydrogens is 484 g/mol. The topological polar surface area (TPSA) is 94.6 Å². The number of methoxy groups -OCH3 is 2. The van der Waals surface area contributed by atoms with Crippen molar-refractivity contribution in [3.8, 4) is 5.75 Å². The number of rotatable bonds is 10. The van der Waals surface area contributed by atoms with Crippen LogP contribution in [-0.2, 0) is 23.8 Å². The Bertz CT molecular complexity index is 1070. The summed E-state index contributed by atoms with van der Waals surface area (Å²) in [5.41, 5.74) is 1.70. The van der Waals surface area contributed by atoms with E-state index in [-0.39, 0.29) is 19.1 Å². The first-order valence-corrected chi connectivity index (χ1v) is 12.4. The van der Waals surface area contributed by atoms with Gasteiger partial charge in [-0.3, -0.25) is 9.59 Å². The van der Waals surface area contributed by atoms with Crippen molar-refractivity contribution in [1.29, 1.82) is 0 Å². The molecule has 0 saturated carbocycles. The summed E-state index contributed by atoms with van der Waals surface area (Å²) in [6.45, 7) is 2.61. The van der Waals surface area contributed by atoms with Gasteiger partial charge in [0.25, 0.3) is 5.91 Å². The molecule has 3 rings (SSSR count). The highest BCUT2D eigenvalue weighted by Gasteiger charge is 2.41. The van der Waals surface area contributed by atoms with E-state index in [2.05, 4.69) is 0 Å². The van der Waals surface area contributed by atoms with Gasteiger partial charge in [0.2, 0.25) is 0 Å². The van der Waals surface area contributed by atoms with Gasteiger partial charge in [-0.1, -0.05) is 12.1 Å². The van der Waals surface area contributed by atoms with Gasteiger partial charge in [0, 0.05) is 32.0 Å². The van der Waals surface area contributed by atoms with Gasteiger partial charge in [0.1, 0.15) is 12.4 Å². The maximum atomic E-state index is 13.9. The van der Waals surface area contributed by atoms with E-state index in [9.17, 15) is 14.4 Å². The van der Waals surface area contributed by atoms with E-state index in [1.165, 1.54) is 25.8 Å². The summed E-state index contributed by atoms with van der Waals surface area (Å²) in [6, 6.07) is 12.5. The highest BCUT2D eigenvalue weighted by atomic mass is 32.2. The summed E-state index contributed by atoms with van der Waals surface area (Å²) < 4.78 is 21.1. The normalized spacial score (nSPS) is 17.4. The van der Waals surface area contributed by atoms with Crippen LogP contribution >= 0.6 is 11.8 Å². The number of fused-ring (bicyclic) bond motifs is 1. The minimum Gasteiger partial charge on any atom is -0.497 e. The molecule has 9 nitrogen and oxygen atoms in total. The third-order valence-electron chi connectivity index (χ3n) is 5.55. The summed E-state index contributed by atoms with van der Waals surface area (Å²) in [5.74, 6) is -0.734. The maximum Gasteiger partial charge on any atom is 0.338 e. The van der Waals surface area contributed by atoms with Crippen molar-refractivity contribution < 1.29 is 33.3 Å². The van der Waals surface area contributed by atoms with Gasteiger partial charge in [-0.15, -0.1) is 11.8 Å². The number of esters is 2. The van der Waals surface area contributed by atoms with Crippen molar-refractivity contribution in [2.75, 3.05) is 59.5 Å². The van der Waals surface area contributed by atoms with Crippen molar-refractivity contribution in [2.45, 2.75) is 23.2 Å². The minimum atomic E-state index is -1.06. The number of nitrogens with zero attached hydrogens (tertiary/aromatic N) is 2. The van der Waals surface area contributed by atoms with Crippen molar-refractivity contribution in [2.24, 2.45) is 0 Å². The van der Waals surface area contributed by atoms with Crippen LogP contribution in [-0.4, -0.2) is 83.5 Å². The second kappa shape index (κ2) is 12.8. The Morgan fingerprint density at radius 2 is 1.78 bits per heavy atom. The van der Waals surface area contributed by atoms with Gasteiger partial charge in [-0.05, 0) is 50.0 Å². The predicted octanol–water partition coefficient (Wildman–Crippen LogP) is 3.17. The summed E-state index contributed by atoms with van der Waals surface area (Å²) in [7, 11) is 6.92. The lowest BCUT2D eigenvalue weighted by atomic mass is 10.1. The fourth-order valence-electron chi connectivity index (χ4n) is 3.71. The first-order chi connectivity index (χ1) is 17.2. The number of benzene rings is 2. The van der Waals surface area contributed by atoms with E-state index in [1.807, 2.05) is 31.1 Å². The van der Waals surface area contributed by atoms with Crippen LogP contribution in [0.15, 0.2) is 47.4 Å². The molecule has 0 radical (unpaired) electrons. The van der Waals surface area contributed by atoms with Gasteiger partial charge in [0.15, 0.2) is 6.10 Å². The van der Waals surface area contributed by atoms with Gasteiger partial charge in [0.05, 0.1) is 30.2 Å². The van der Waals surface area contributed by atoms with Crippen molar-refractivity contribution in [3.63, 3.8) is 0 Å². The first-order valence-electron chi connectivity index (χ1n) is 11.5. The second-order valence-corrected chi connectivity index (χ2v) is 9.63. The fourth-order valence-corrected chi connectivity index (χ4v) is 5.01. The third kappa shape index (κ3) is 6.77. The molecule has 0 saturated heterocycles. The Morgan fingerprint density at radius 1 is 1.06 bits per heavy atom. The molecule has 36 heavy (non-hydrogen) atoms. The molecule has 10 heteroatoms. The smallest absolute Gasteiger partial charge is 0.338 e. The Kier molecular flexibility index (Phi) is 9.74. The van der Waals surface area contributed by atoms with E-state index >= 15 is 0 Å². The van der Waals surface area contributed by atoms with E-state index < -0.39 is 23.3 Å². The summed E-state index contributed by atoms with van der Waals surface area (Å²) in [4.78, 5) is 42.9. The molecule has 1 aliphatic heterocycles. The Balaban J connectivity index is 2.07. The van der Waals surface area contributed by atoms with Crippen LogP contribution in [0.25, 0.3) is 0 Å². The summed E-state index contributed by atoms with van der Waals surface area (Å²) in [6.07, 6.45) is -1.06. The van der Waals surface area contributed by atoms with Gasteiger partial charge >= 0.3 is 11.9 Å². The third-order valence-corrected chi connectivity index (χ3v) is 6.92. The van der Waals surface area contributed by atoms with Gasteiger partial charge < -0.3 is 28.7 Å². The van der Waals surface area contributed by atoms with E-state index in [1.54, 1.807) is 42.3 Å². The molecule has 0 N–H and O–H groups in total. The zero-order valence-corrected chi connectivity index (χ0v) is 22.0. The van der Waals surface area contributed by atoms with E-state index in [4.69, 9.17) is 18.9 Å². The number of amides is 1. The quantitative estimate of drug-likeness (QED) is 0.349. The lowest BCUT2D eigenvalue weighted by Gasteiger charge is -2.28. The molecule has 0 spiro atoms. The molecule has 0 aliphatic carbocycles. The van der Waals surface area contributed by atoms with Crippen LogP contribution in [0.3, 0.4) is 0 Å². The molecule has 0 fully saturated rings. The van der Waals surface area contributed by atoms with Crippen LogP contribution in [0.4, 0.5) is 5.69 Å². The number of likely N-dealkylation sites (N-methyl/N-ethyl adjacent to an activating group) is 1. The average Bonchev–Trinajstić information content (AvgIpc) is 2.96. The molecule has 2 aromatic rings. The Morgan fingerprint density at radius 3 is 2.39 bits per heavy atom. The lowest BCUT2D eigenvalue weighted by Crippen LogP contribution is -2.45. The number of carbonyl (C=O) groups excluding carboxylic acids is 3. The summed E-state index contributed by atoms with van der Waals surface area (Å²) >= 11 is 1.41. The lowest BCUT2D eigenvalue weighted by molar-refractivity contribution is -0.152. The molecule has 2 atom stereocenters. The highest BCUT2D eigenvalue weighted by Crippen LogP contribution is 2.47. The monoisotopic (exact) mass is 516 g/mol. The van der Waals surface area contributed by atoms with Crippen LogP contribution in [0.1, 0.15) is 28.1 Å². The first kappa shape index (κ1) is 27.5. The SMILES string of the molecule is COCCOC(=O)c1ccc2c(c1)N(CCN(C)C)C(=O)[C@H](OC(C)=O)[C@H](c1ccc(OC)cc1)S2. The van der Waals surface area contributed by atoms with Crippen LogP contribution < -0.4 is 9.64 Å². The number of ether oxygens (including phenoxy) is 4. The molecule has 1 heterocycles.